The molecule has 0 aliphatic carbocycles. The molecule has 4 aromatic rings. The first kappa shape index (κ1) is 21.5. The summed E-state index contributed by atoms with van der Waals surface area (Å²) in [6, 6.07) is 25.5. The zero-order valence-electron chi connectivity index (χ0n) is 17.2. The van der Waals surface area contributed by atoms with Gasteiger partial charge in [-0.1, -0.05) is 70.0 Å². The molecule has 0 aromatic heterocycles. The van der Waals surface area contributed by atoms with Gasteiger partial charge < -0.3 is 4.74 Å². The number of carbonyl (C=O) groups is 2. The number of esters is 1. The van der Waals surface area contributed by atoms with E-state index in [-0.39, 0.29) is 5.91 Å². The fraction of sp³-hybridized carbons (Fsp3) is 0.0385. The number of hydrazone groups is 1. The van der Waals surface area contributed by atoms with Crippen molar-refractivity contribution in [1.29, 1.82) is 0 Å². The Hall–Kier alpha value is -3.77. The number of nitrogens with zero attached hydrogens (tertiary/aromatic N) is 1. The van der Waals surface area contributed by atoms with Crippen LogP contribution in [0.1, 0.15) is 31.8 Å². The number of hydrogen-bond donors (Lipinski definition) is 1. The molecule has 0 heterocycles. The van der Waals surface area contributed by atoms with Crippen LogP contribution in [0.25, 0.3) is 10.8 Å². The lowest BCUT2D eigenvalue weighted by atomic mass is 10.0. The van der Waals surface area contributed by atoms with Crippen molar-refractivity contribution in [1.82, 2.24) is 5.43 Å². The van der Waals surface area contributed by atoms with Crippen LogP contribution in [0, 0.1) is 6.92 Å². The van der Waals surface area contributed by atoms with Crippen molar-refractivity contribution in [3.63, 3.8) is 0 Å². The van der Waals surface area contributed by atoms with Gasteiger partial charge in [0.05, 0.1) is 11.8 Å². The second kappa shape index (κ2) is 9.58. The molecule has 1 amide bonds. The molecule has 0 aliphatic rings. The molecule has 32 heavy (non-hydrogen) atoms. The lowest BCUT2D eigenvalue weighted by Gasteiger charge is -2.11. The van der Waals surface area contributed by atoms with Crippen LogP contribution in [0.15, 0.2) is 94.5 Å². The monoisotopic (exact) mass is 486 g/mol. The summed E-state index contributed by atoms with van der Waals surface area (Å²) in [5.74, 6) is -0.455. The maximum absolute atomic E-state index is 12.7. The molecule has 0 aliphatic heterocycles. The van der Waals surface area contributed by atoms with Crippen molar-refractivity contribution in [2.45, 2.75) is 6.92 Å². The Morgan fingerprint density at radius 3 is 2.47 bits per heavy atom. The summed E-state index contributed by atoms with van der Waals surface area (Å²) >= 11 is 3.35. The van der Waals surface area contributed by atoms with Crippen LogP contribution in [-0.4, -0.2) is 18.1 Å². The average molecular weight is 487 g/mol. The highest BCUT2D eigenvalue weighted by Crippen LogP contribution is 2.27. The van der Waals surface area contributed by atoms with Gasteiger partial charge in [-0.05, 0) is 54.1 Å². The molecule has 4 rings (SSSR count). The van der Waals surface area contributed by atoms with Crippen LogP contribution in [0.4, 0.5) is 0 Å². The van der Waals surface area contributed by atoms with Gasteiger partial charge in [-0.2, -0.15) is 5.10 Å². The Labute approximate surface area is 193 Å². The van der Waals surface area contributed by atoms with E-state index in [1.165, 1.54) is 6.21 Å². The Morgan fingerprint density at radius 2 is 1.69 bits per heavy atom. The lowest BCUT2D eigenvalue weighted by Crippen LogP contribution is -2.17. The van der Waals surface area contributed by atoms with Crippen LogP contribution in [-0.2, 0) is 0 Å². The molecule has 6 heteroatoms. The molecule has 0 fully saturated rings. The third-order valence-corrected chi connectivity index (χ3v) is 5.36. The van der Waals surface area contributed by atoms with Crippen LogP contribution < -0.4 is 10.2 Å². The van der Waals surface area contributed by atoms with E-state index in [9.17, 15) is 9.59 Å². The molecular weight excluding hydrogens is 468 g/mol. The second-order valence-corrected chi connectivity index (χ2v) is 8.08. The van der Waals surface area contributed by atoms with Gasteiger partial charge >= 0.3 is 5.97 Å². The minimum absolute atomic E-state index is 0.346. The van der Waals surface area contributed by atoms with Crippen LogP contribution >= 0.6 is 15.9 Å². The third-order valence-electron chi connectivity index (χ3n) is 4.87. The predicted octanol–water partition coefficient (Wildman–Crippen LogP) is 5.89. The summed E-state index contributed by atoms with van der Waals surface area (Å²) < 4.78 is 6.49. The van der Waals surface area contributed by atoms with E-state index in [1.807, 2.05) is 55.5 Å². The predicted molar refractivity (Wildman–Crippen MR) is 129 cm³/mol. The summed E-state index contributed by atoms with van der Waals surface area (Å²) in [7, 11) is 0. The quantitative estimate of drug-likeness (QED) is 0.165. The summed E-state index contributed by atoms with van der Waals surface area (Å²) in [4.78, 5) is 25.1. The van der Waals surface area contributed by atoms with E-state index in [1.54, 1.807) is 36.4 Å². The molecule has 0 saturated heterocycles. The first-order valence-electron chi connectivity index (χ1n) is 9.91. The van der Waals surface area contributed by atoms with Gasteiger partial charge in [0.2, 0.25) is 0 Å². The van der Waals surface area contributed by atoms with Crippen molar-refractivity contribution < 1.29 is 14.3 Å². The van der Waals surface area contributed by atoms with Crippen molar-refractivity contribution >= 4 is 44.8 Å². The molecular formula is C26H19BrN2O3. The van der Waals surface area contributed by atoms with E-state index in [0.717, 1.165) is 20.8 Å². The second-order valence-electron chi connectivity index (χ2n) is 7.16. The molecule has 0 radical (unpaired) electrons. The van der Waals surface area contributed by atoms with Crippen LogP contribution in [0.2, 0.25) is 0 Å². The number of rotatable bonds is 5. The normalized spacial score (nSPS) is 10.9. The number of carbonyl (C=O) groups excluding carboxylic acids is 2. The Morgan fingerprint density at radius 1 is 0.906 bits per heavy atom. The fourth-order valence-electron chi connectivity index (χ4n) is 3.20. The highest BCUT2D eigenvalue weighted by Gasteiger charge is 2.14. The Balaban J connectivity index is 1.62. The minimum atomic E-state index is -0.465. The standard InChI is InChI=1S/C26H19BrN2O3/c1-17-9-11-19(12-10-17)26(31)32-24-14-13-18-5-2-3-8-22(18)23(24)16-28-29-25(30)20-6-4-7-21(27)15-20/h2-16H,1H3,(H,29,30)/b28-16+. The summed E-state index contributed by atoms with van der Waals surface area (Å²) in [6.07, 6.45) is 1.50. The number of fused-ring (bicyclic) bond motifs is 1. The molecule has 5 nitrogen and oxygen atoms in total. The van der Waals surface area contributed by atoms with Crippen molar-refractivity contribution in [3.05, 3.63) is 112 Å². The average Bonchev–Trinajstić information content (AvgIpc) is 2.80. The first-order valence-corrected chi connectivity index (χ1v) is 10.7. The Bertz CT molecular complexity index is 1330. The molecule has 0 spiro atoms. The molecule has 0 bridgehead atoms. The lowest BCUT2D eigenvalue weighted by molar-refractivity contribution is 0.0734. The number of halogens is 1. The van der Waals surface area contributed by atoms with Gasteiger partial charge in [-0.25, -0.2) is 10.2 Å². The van der Waals surface area contributed by atoms with Gasteiger partial charge in [0.15, 0.2) is 0 Å². The Kier molecular flexibility index (Phi) is 6.42. The fourth-order valence-corrected chi connectivity index (χ4v) is 3.60. The molecule has 1 N–H and O–H groups in total. The molecule has 0 atom stereocenters. The van der Waals surface area contributed by atoms with E-state index in [4.69, 9.17) is 4.74 Å². The number of nitrogens with one attached hydrogen (secondary N) is 1. The van der Waals surface area contributed by atoms with Crippen molar-refractivity contribution in [2.75, 3.05) is 0 Å². The highest BCUT2D eigenvalue weighted by molar-refractivity contribution is 9.10. The third kappa shape index (κ3) is 4.92. The number of benzene rings is 4. The zero-order chi connectivity index (χ0) is 22.5. The smallest absolute Gasteiger partial charge is 0.343 e. The maximum Gasteiger partial charge on any atom is 0.343 e. The van der Waals surface area contributed by atoms with Crippen molar-refractivity contribution in [3.8, 4) is 5.75 Å². The summed E-state index contributed by atoms with van der Waals surface area (Å²) in [5.41, 5.74) is 5.11. The van der Waals surface area contributed by atoms with Gasteiger partial charge in [-0.3, -0.25) is 4.79 Å². The largest absolute Gasteiger partial charge is 0.422 e. The van der Waals surface area contributed by atoms with E-state index >= 15 is 0 Å². The minimum Gasteiger partial charge on any atom is -0.422 e. The summed E-state index contributed by atoms with van der Waals surface area (Å²) in [5, 5.41) is 5.93. The molecule has 158 valence electrons. The first-order chi connectivity index (χ1) is 15.5. The van der Waals surface area contributed by atoms with Crippen molar-refractivity contribution in [2.24, 2.45) is 5.10 Å². The maximum atomic E-state index is 12.7. The number of amides is 1. The number of ether oxygens (including phenoxy) is 1. The van der Waals surface area contributed by atoms with Gasteiger partial charge in [-0.15, -0.1) is 0 Å². The van der Waals surface area contributed by atoms with Gasteiger partial charge in [0.25, 0.3) is 5.91 Å². The molecule has 4 aromatic carbocycles. The van der Waals surface area contributed by atoms with E-state index < -0.39 is 5.97 Å². The SMILES string of the molecule is Cc1ccc(C(=O)Oc2ccc3ccccc3c2/C=N/NC(=O)c2cccc(Br)c2)cc1. The van der Waals surface area contributed by atoms with Gasteiger partial charge in [0, 0.05) is 15.6 Å². The zero-order valence-corrected chi connectivity index (χ0v) is 18.8. The topological polar surface area (TPSA) is 67.8 Å². The van der Waals surface area contributed by atoms with E-state index in [2.05, 4.69) is 26.5 Å². The van der Waals surface area contributed by atoms with E-state index in [0.29, 0.717) is 22.4 Å². The number of hydrogen-bond acceptors (Lipinski definition) is 4. The summed E-state index contributed by atoms with van der Waals surface area (Å²) in [6.45, 7) is 1.95. The highest BCUT2D eigenvalue weighted by atomic mass is 79.9. The number of aryl methyl sites for hydroxylation is 1. The van der Waals surface area contributed by atoms with Crippen LogP contribution in [0.5, 0.6) is 5.75 Å². The molecule has 0 saturated carbocycles. The van der Waals surface area contributed by atoms with Gasteiger partial charge in [0.1, 0.15) is 5.75 Å². The van der Waals surface area contributed by atoms with Crippen LogP contribution in [0.3, 0.4) is 0 Å². The molecule has 0 unspecified atom stereocenters.